The van der Waals surface area contributed by atoms with E-state index in [2.05, 4.69) is 13.8 Å². The first-order valence-corrected chi connectivity index (χ1v) is 7.72. The summed E-state index contributed by atoms with van der Waals surface area (Å²) in [6.07, 6.45) is 0.446. The van der Waals surface area contributed by atoms with Gasteiger partial charge in [-0.2, -0.15) is 0 Å². The molecule has 2 aromatic carbocycles. The van der Waals surface area contributed by atoms with Crippen LogP contribution in [0.1, 0.15) is 30.9 Å². The Hall–Kier alpha value is -2.36. The molecule has 3 nitrogen and oxygen atoms in total. The summed E-state index contributed by atoms with van der Waals surface area (Å²) in [6, 6.07) is 13.5. The second-order valence-corrected chi connectivity index (χ2v) is 6.06. The van der Waals surface area contributed by atoms with E-state index in [-0.39, 0.29) is 5.82 Å². The van der Waals surface area contributed by atoms with Crippen molar-refractivity contribution < 1.29 is 13.9 Å². The van der Waals surface area contributed by atoms with E-state index in [1.807, 2.05) is 24.3 Å². The summed E-state index contributed by atoms with van der Waals surface area (Å²) < 4.78 is 18.6. The highest BCUT2D eigenvalue weighted by Gasteiger charge is 2.18. The van der Waals surface area contributed by atoms with Crippen molar-refractivity contribution in [2.75, 3.05) is 6.61 Å². The van der Waals surface area contributed by atoms with Crippen molar-refractivity contribution >= 4 is 5.91 Å². The van der Waals surface area contributed by atoms with Crippen molar-refractivity contribution in [3.05, 3.63) is 65.5 Å². The van der Waals surface area contributed by atoms with Gasteiger partial charge in [0.2, 0.25) is 5.91 Å². The van der Waals surface area contributed by atoms with E-state index < -0.39 is 11.8 Å². The van der Waals surface area contributed by atoms with E-state index in [1.165, 1.54) is 12.1 Å². The van der Waals surface area contributed by atoms with E-state index in [0.717, 1.165) is 16.9 Å². The molecular weight excluding hydrogens is 293 g/mol. The Bertz CT molecular complexity index is 635. The largest absolute Gasteiger partial charge is 0.493 e. The number of carbonyl (C=O) groups excluding carboxylic acids is 1. The van der Waals surface area contributed by atoms with Crippen LogP contribution in [0.3, 0.4) is 0 Å². The number of amides is 1. The molecule has 0 saturated carbocycles. The van der Waals surface area contributed by atoms with Gasteiger partial charge in [-0.1, -0.05) is 38.1 Å². The minimum Gasteiger partial charge on any atom is -0.493 e. The number of primary amides is 1. The molecule has 0 aromatic heterocycles. The van der Waals surface area contributed by atoms with Crippen LogP contribution in [0, 0.1) is 11.7 Å². The number of ether oxygens (including phenoxy) is 1. The van der Waals surface area contributed by atoms with Gasteiger partial charge in [0.25, 0.3) is 0 Å². The van der Waals surface area contributed by atoms with Crippen LogP contribution < -0.4 is 10.5 Å². The van der Waals surface area contributed by atoms with Gasteiger partial charge in [-0.3, -0.25) is 4.79 Å². The molecule has 0 heterocycles. The van der Waals surface area contributed by atoms with E-state index in [0.29, 0.717) is 18.9 Å². The van der Waals surface area contributed by atoms with E-state index in [9.17, 15) is 9.18 Å². The average molecular weight is 315 g/mol. The maximum atomic E-state index is 13.0. The number of nitrogens with two attached hydrogens (primary N) is 1. The van der Waals surface area contributed by atoms with Crippen molar-refractivity contribution in [3.63, 3.8) is 0 Å². The summed E-state index contributed by atoms with van der Waals surface area (Å²) in [5.74, 6) is 0.0831. The fraction of sp³-hybridized carbons (Fsp3) is 0.316. The lowest BCUT2D eigenvalue weighted by Gasteiger charge is -2.15. The van der Waals surface area contributed by atoms with Gasteiger partial charge in [0.15, 0.2) is 0 Å². The number of rotatable bonds is 7. The van der Waals surface area contributed by atoms with Crippen LogP contribution in [0.15, 0.2) is 48.5 Å². The predicted octanol–water partition coefficient (Wildman–Crippen LogP) is 3.67. The Morgan fingerprint density at radius 2 is 1.70 bits per heavy atom. The third kappa shape index (κ3) is 5.09. The monoisotopic (exact) mass is 315 g/mol. The fourth-order valence-electron chi connectivity index (χ4n) is 2.30. The molecule has 1 amide bonds. The lowest BCUT2D eigenvalue weighted by atomic mass is 9.91. The standard InChI is InChI=1S/C19H22FNO2/c1-13(2)12-23-17-9-5-15(6-10-17)18(19(21)22)11-14-3-7-16(20)8-4-14/h3-10,13,18H,11-12H2,1-2H3,(H2,21,22). The fourth-order valence-corrected chi connectivity index (χ4v) is 2.30. The Kier molecular flexibility index (Phi) is 5.74. The van der Waals surface area contributed by atoms with Crippen LogP contribution in [0.5, 0.6) is 5.75 Å². The molecule has 1 unspecified atom stereocenters. The number of benzene rings is 2. The zero-order valence-corrected chi connectivity index (χ0v) is 13.5. The first-order chi connectivity index (χ1) is 11.0. The molecule has 2 aromatic rings. The molecule has 2 N–H and O–H groups in total. The summed E-state index contributed by atoms with van der Waals surface area (Å²) >= 11 is 0. The van der Waals surface area contributed by atoms with Crippen LogP contribution in [-0.2, 0) is 11.2 Å². The first kappa shape index (κ1) is 17.0. The molecule has 4 heteroatoms. The van der Waals surface area contributed by atoms with E-state index in [4.69, 9.17) is 10.5 Å². The predicted molar refractivity (Wildman–Crippen MR) is 88.8 cm³/mol. The molecule has 0 spiro atoms. The summed E-state index contributed by atoms with van der Waals surface area (Å²) in [5, 5.41) is 0. The number of carbonyl (C=O) groups is 1. The van der Waals surface area contributed by atoms with Crippen molar-refractivity contribution in [1.29, 1.82) is 0 Å². The first-order valence-electron chi connectivity index (χ1n) is 7.72. The molecule has 0 aliphatic rings. The van der Waals surface area contributed by atoms with Gasteiger partial charge < -0.3 is 10.5 Å². The van der Waals surface area contributed by atoms with Gasteiger partial charge in [0, 0.05) is 0 Å². The van der Waals surface area contributed by atoms with Gasteiger partial charge in [-0.25, -0.2) is 4.39 Å². The minimum absolute atomic E-state index is 0.295. The SMILES string of the molecule is CC(C)COc1ccc(C(Cc2ccc(F)cc2)C(N)=O)cc1. The van der Waals surface area contributed by atoms with Crippen LogP contribution in [0.25, 0.3) is 0 Å². The molecule has 0 aliphatic heterocycles. The van der Waals surface area contributed by atoms with Gasteiger partial charge in [-0.15, -0.1) is 0 Å². The number of hydrogen-bond donors (Lipinski definition) is 1. The Morgan fingerprint density at radius 1 is 1.09 bits per heavy atom. The van der Waals surface area contributed by atoms with E-state index in [1.54, 1.807) is 12.1 Å². The van der Waals surface area contributed by atoms with Crippen LogP contribution in [0.4, 0.5) is 4.39 Å². The summed E-state index contributed by atoms with van der Waals surface area (Å²) in [4.78, 5) is 11.8. The molecule has 0 saturated heterocycles. The summed E-state index contributed by atoms with van der Waals surface area (Å²) in [7, 11) is 0. The number of hydrogen-bond acceptors (Lipinski definition) is 2. The van der Waals surface area contributed by atoms with Gasteiger partial charge in [0.05, 0.1) is 12.5 Å². The quantitative estimate of drug-likeness (QED) is 0.847. The molecule has 0 aliphatic carbocycles. The molecule has 0 fully saturated rings. The van der Waals surface area contributed by atoms with Gasteiger partial charge in [-0.05, 0) is 47.7 Å². The number of halogens is 1. The van der Waals surface area contributed by atoms with Gasteiger partial charge >= 0.3 is 0 Å². The Morgan fingerprint density at radius 3 is 2.22 bits per heavy atom. The Balaban J connectivity index is 2.11. The minimum atomic E-state index is -0.445. The lowest BCUT2D eigenvalue weighted by Crippen LogP contribution is -2.23. The van der Waals surface area contributed by atoms with Crippen molar-refractivity contribution in [2.24, 2.45) is 11.7 Å². The molecule has 0 radical (unpaired) electrons. The third-order valence-electron chi connectivity index (χ3n) is 3.56. The van der Waals surface area contributed by atoms with Crippen molar-refractivity contribution in [1.82, 2.24) is 0 Å². The average Bonchev–Trinajstić information content (AvgIpc) is 2.52. The Labute approximate surface area is 136 Å². The summed E-state index contributed by atoms with van der Waals surface area (Å²) in [5.41, 5.74) is 7.24. The normalized spacial score (nSPS) is 12.2. The second kappa shape index (κ2) is 7.77. The zero-order chi connectivity index (χ0) is 16.8. The highest BCUT2D eigenvalue weighted by Crippen LogP contribution is 2.23. The highest BCUT2D eigenvalue weighted by molar-refractivity contribution is 5.82. The molecule has 122 valence electrons. The molecule has 23 heavy (non-hydrogen) atoms. The van der Waals surface area contributed by atoms with Crippen LogP contribution >= 0.6 is 0 Å². The second-order valence-electron chi connectivity index (χ2n) is 6.06. The molecule has 1 atom stereocenters. The smallest absolute Gasteiger partial charge is 0.225 e. The maximum absolute atomic E-state index is 13.0. The highest BCUT2D eigenvalue weighted by atomic mass is 19.1. The maximum Gasteiger partial charge on any atom is 0.225 e. The van der Waals surface area contributed by atoms with Gasteiger partial charge in [0.1, 0.15) is 11.6 Å². The molecular formula is C19H22FNO2. The topological polar surface area (TPSA) is 52.3 Å². The lowest BCUT2D eigenvalue weighted by molar-refractivity contribution is -0.119. The molecule has 0 bridgehead atoms. The van der Waals surface area contributed by atoms with Crippen molar-refractivity contribution in [2.45, 2.75) is 26.2 Å². The van der Waals surface area contributed by atoms with E-state index >= 15 is 0 Å². The molecule has 2 rings (SSSR count). The zero-order valence-electron chi connectivity index (χ0n) is 13.5. The van der Waals surface area contributed by atoms with Crippen molar-refractivity contribution in [3.8, 4) is 5.75 Å². The van der Waals surface area contributed by atoms with Crippen LogP contribution in [-0.4, -0.2) is 12.5 Å². The third-order valence-corrected chi connectivity index (χ3v) is 3.56. The van der Waals surface area contributed by atoms with Crippen LogP contribution in [0.2, 0.25) is 0 Å². The summed E-state index contributed by atoms with van der Waals surface area (Å²) in [6.45, 7) is 4.81.